The molecule has 0 spiro atoms. The Morgan fingerprint density at radius 1 is 1.42 bits per heavy atom. The molecule has 0 radical (unpaired) electrons. The zero-order valence-electron chi connectivity index (χ0n) is 11.6. The smallest absolute Gasteiger partial charge is 0.143 e. The van der Waals surface area contributed by atoms with E-state index in [1.165, 1.54) is 25.7 Å². The second-order valence-corrected chi connectivity index (χ2v) is 6.01. The Bertz CT molecular complexity index is 448. The van der Waals surface area contributed by atoms with Gasteiger partial charge in [0.05, 0.1) is 18.2 Å². The Kier molecular flexibility index (Phi) is 3.69. The molecule has 0 aromatic carbocycles. The van der Waals surface area contributed by atoms with Crippen LogP contribution in [-0.2, 0) is 11.2 Å². The second-order valence-electron chi connectivity index (χ2n) is 6.01. The maximum atomic E-state index is 12.3. The number of nitrogens with one attached hydrogen (secondary N) is 1. The van der Waals surface area contributed by atoms with Gasteiger partial charge in [-0.25, -0.2) is 0 Å². The van der Waals surface area contributed by atoms with Crippen LogP contribution in [-0.4, -0.2) is 28.2 Å². The Balaban J connectivity index is 1.61. The summed E-state index contributed by atoms with van der Waals surface area (Å²) in [5, 5.41) is 7.94. The minimum Gasteiger partial charge on any atom is -0.314 e. The van der Waals surface area contributed by atoms with Gasteiger partial charge in [0.2, 0.25) is 0 Å². The average molecular weight is 261 g/mol. The summed E-state index contributed by atoms with van der Waals surface area (Å²) in [6, 6.07) is 2.91. The highest BCUT2D eigenvalue weighted by Crippen LogP contribution is 2.28. The van der Waals surface area contributed by atoms with Gasteiger partial charge in [0.1, 0.15) is 5.78 Å². The number of carbonyl (C=O) groups is 1. The number of aromatic nitrogens is 2. The zero-order chi connectivity index (χ0) is 13.2. The number of rotatable bonds is 4. The van der Waals surface area contributed by atoms with Crippen LogP contribution in [0.5, 0.6) is 0 Å². The van der Waals surface area contributed by atoms with E-state index in [0.717, 1.165) is 18.7 Å². The predicted octanol–water partition coefficient (Wildman–Crippen LogP) is 2.11. The third kappa shape index (κ3) is 2.73. The molecule has 2 unspecified atom stereocenters. The topological polar surface area (TPSA) is 46.9 Å². The Morgan fingerprint density at radius 3 is 2.89 bits per heavy atom. The van der Waals surface area contributed by atoms with Crippen molar-refractivity contribution in [2.75, 3.05) is 6.54 Å². The van der Waals surface area contributed by atoms with Gasteiger partial charge in [-0.2, -0.15) is 5.10 Å². The number of ketones is 1. The monoisotopic (exact) mass is 261 g/mol. The number of hydrogen-bond donors (Lipinski definition) is 1. The van der Waals surface area contributed by atoms with E-state index in [1.807, 2.05) is 6.07 Å². The summed E-state index contributed by atoms with van der Waals surface area (Å²) in [4.78, 5) is 12.3. The maximum absolute atomic E-state index is 12.3. The summed E-state index contributed by atoms with van der Waals surface area (Å²) in [7, 11) is 0. The van der Waals surface area contributed by atoms with Crippen molar-refractivity contribution in [3.8, 4) is 0 Å². The summed E-state index contributed by atoms with van der Waals surface area (Å²) >= 11 is 0. The molecule has 104 valence electrons. The fraction of sp³-hybridized carbons (Fsp3) is 0.733. The van der Waals surface area contributed by atoms with Crippen LogP contribution in [0.2, 0.25) is 0 Å². The summed E-state index contributed by atoms with van der Waals surface area (Å²) in [6.07, 6.45) is 8.61. The minimum atomic E-state index is 0.177. The first-order valence-corrected chi connectivity index (χ1v) is 7.54. The van der Waals surface area contributed by atoms with Crippen molar-refractivity contribution < 1.29 is 4.79 Å². The lowest BCUT2D eigenvalue weighted by Crippen LogP contribution is -2.29. The lowest BCUT2D eigenvalue weighted by atomic mass is 9.94. The summed E-state index contributed by atoms with van der Waals surface area (Å²) in [6.45, 7) is 3.07. The molecule has 4 heteroatoms. The highest BCUT2D eigenvalue weighted by atomic mass is 16.1. The van der Waals surface area contributed by atoms with E-state index in [1.54, 1.807) is 0 Å². The highest BCUT2D eigenvalue weighted by Gasteiger charge is 2.29. The van der Waals surface area contributed by atoms with Crippen molar-refractivity contribution in [2.45, 2.75) is 57.5 Å². The normalized spacial score (nSPS) is 28.1. The molecule has 1 saturated carbocycles. The summed E-state index contributed by atoms with van der Waals surface area (Å²) in [5.74, 6) is 0.519. The van der Waals surface area contributed by atoms with Crippen molar-refractivity contribution in [2.24, 2.45) is 5.92 Å². The molecule has 1 aliphatic heterocycles. The molecular formula is C15H23N3O. The van der Waals surface area contributed by atoms with E-state index >= 15 is 0 Å². The molecule has 2 heterocycles. The molecule has 2 fully saturated rings. The number of nitrogens with zero attached hydrogens (tertiary/aromatic N) is 2. The molecule has 1 aliphatic carbocycles. The van der Waals surface area contributed by atoms with Gasteiger partial charge in [0.15, 0.2) is 0 Å². The number of hydrogen-bond acceptors (Lipinski definition) is 3. The van der Waals surface area contributed by atoms with Crippen molar-refractivity contribution in [1.29, 1.82) is 0 Å². The fourth-order valence-corrected chi connectivity index (χ4v) is 3.45. The molecular weight excluding hydrogens is 238 g/mol. The lowest BCUT2D eigenvalue weighted by Gasteiger charge is -2.13. The van der Waals surface area contributed by atoms with Crippen molar-refractivity contribution >= 4 is 5.78 Å². The van der Waals surface area contributed by atoms with Crippen LogP contribution in [0.4, 0.5) is 0 Å². The predicted molar refractivity (Wildman–Crippen MR) is 74.0 cm³/mol. The maximum Gasteiger partial charge on any atom is 0.143 e. The van der Waals surface area contributed by atoms with Gasteiger partial charge in [0.25, 0.3) is 0 Å². The van der Waals surface area contributed by atoms with Crippen LogP contribution in [0.1, 0.15) is 50.8 Å². The molecule has 19 heavy (non-hydrogen) atoms. The molecule has 2 aliphatic rings. The van der Waals surface area contributed by atoms with Crippen molar-refractivity contribution in [3.63, 3.8) is 0 Å². The largest absolute Gasteiger partial charge is 0.314 e. The number of Topliss-reactive ketones (excluding diaryl/α,β-unsaturated/α-hetero) is 1. The van der Waals surface area contributed by atoms with Gasteiger partial charge in [0, 0.05) is 18.2 Å². The first-order chi connectivity index (χ1) is 9.24. The van der Waals surface area contributed by atoms with Gasteiger partial charge in [-0.1, -0.05) is 12.8 Å². The molecule has 1 saturated heterocycles. The van der Waals surface area contributed by atoms with E-state index in [4.69, 9.17) is 0 Å². The van der Waals surface area contributed by atoms with Crippen LogP contribution in [0.25, 0.3) is 0 Å². The van der Waals surface area contributed by atoms with E-state index in [0.29, 0.717) is 24.3 Å². The van der Waals surface area contributed by atoms with Gasteiger partial charge >= 0.3 is 0 Å². The Labute approximate surface area is 114 Å². The Morgan fingerprint density at radius 2 is 2.21 bits per heavy atom. The van der Waals surface area contributed by atoms with Crippen LogP contribution < -0.4 is 5.32 Å². The van der Waals surface area contributed by atoms with Gasteiger partial charge in [-0.05, 0) is 38.8 Å². The summed E-state index contributed by atoms with van der Waals surface area (Å²) < 4.78 is 2.08. The standard InChI is InChI=1S/C15H23N3O/c1-11-14(6-8-16-11)15(19)10-12-7-9-18(17-12)13-4-2-3-5-13/h7,9,11,13-14,16H,2-6,8,10H2,1H3. The first-order valence-electron chi connectivity index (χ1n) is 7.54. The van der Waals surface area contributed by atoms with Crippen LogP contribution >= 0.6 is 0 Å². The summed E-state index contributed by atoms with van der Waals surface area (Å²) in [5.41, 5.74) is 0.941. The minimum absolute atomic E-state index is 0.177. The fourth-order valence-electron chi connectivity index (χ4n) is 3.45. The molecule has 4 nitrogen and oxygen atoms in total. The van der Waals surface area contributed by atoms with E-state index < -0.39 is 0 Å². The number of carbonyl (C=O) groups excluding carboxylic acids is 1. The Hall–Kier alpha value is -1.16. The van der Waals surface area contributed by atoms with Gasteiger partial charge in [-0.3, -0.25) is 9.48 Å². The molecule has 2 atom stereocenters. The van der Waals surface area contributed by atoms with E-state index in [2.05, 4.69) is 28.2 Å². The first kappa shape index (κ1) is 12.9. The molecule has 1 aromatic rings. The van der Waals surface area contributed by atoms with Crippen LogP contribution in [0, 0.1) is 5.92 Å². The highest BCUT2D eigenvalue weighted by molar-refractivity contribution is 5.83. The molecule has 1 aromatic heterocycles. The van der Waals surface area contributed by atoms with Gasteiger partial charge in [-0.15, -0.1) is 0 Å². The average Bonchev–Trinajstić information content (AvgIpc) is 3.07. The molecule has 3 rings (SSSR count). The molecule has 0 amide bonds. The quantitative estimate of drug-likeness (QED) is 0.903. The van der Waals surface area contributed by atoms with Crippen LogP contribution in [0.3, 0.4) is 0 Å². The molecule has 0 bridgehead atoms. The van der Waals surface area contributed by atoms with Crippen molar-refractivity contribution in [3.05, 3.63) is 18.0 Å². The van der Waals surface area contributed by atoms with Crippen LogP contribution in [0.15, 0.2) is 12.3 Å². The third-order valence-electron chi connectivity index (χ3n) is 4.66. The third-order valence-corrected chi connectivity index (χ3v) is 4.66. The zero-order valence-corrected chi connectivity index (χ0v) is 11.6. The molecule has 1 N–H and O–H groups in total. The van der Waals surface area contributed by atoms with Crippen molar-refractivity contribution in [1.82, 2.24) is 15.1 Å². The SMILES string of the molecule is CC1NCCC1C(=O)Cc1ccn(C2CCCC2)n1. The lowest BCUT2D eigenvalue weighted by molar-refractivity contribution is -0.122. The van der Waals surface area contributed by atoms with Gasteiger partial charge < -0.3 is 5.32 Å². The van der Waals surface area contributed by atoms with E-state index in [-0.39, 0.29) is 5.92 Å². The van der Waals surface area contributed by atoms with E-state index in [9.17, 15) is 4.79 Å². The second kappa shape index (κ2) is 5.45.